The topological polar surface area (TPSA) is 43.6 Å². The molecule has 0 bridgehead atoms. The first kappa shape index (κ1) is 14.5. The normalized spacial score (nSPS) is 17.0. The Hall–Kier alpha value is -2.14. The van der Waals surface area contributed by atoms with E-state index in [0.717, 1.165) is 10.8 Å². The van der Waals surface area contributed by atoms with Crippen LogP contribution in [0.5, 0.6) is 0 Å². The van der Waals surface area contributed by atoms with Crippen LogP contribution in [-0.2, 0) is 6.42 Å². The molecule has 4 nitrogen and oxygen atoms in total. The third-order valence-corrected chi connectivity index (χ3v) is 5.52. The lowest BCUT2D eigenvalue weighted by atomic mass is 9.91. The van der Waals surface area contributed by atoms with Crippen molar-refractivity contribution in [3.63, 3.8) is 0 Å². The van der Waals surface area contributed by atoms with Crippen molar-refractivity contribution >= 4 is 11.8 Å². The molecule has 23 heavy (non-hydrogen) atoms. The smallest absolute Gasteiger partial charge is 0.187 e. The van der Waals surface area contributed by atoms with Crippen LogP contribution in [0.4, 0.5) is 0 Å². The molecule has 1 aliphatic rings. The quantitative estimate of drug-likeness (QED) is 0.727. The Morgan fingerprint density at radius 3 is 2.78 bits per heavy atom. The van der Waals surface area contributed by atoms with Crippen molar-refractivity contribution in [3.05, 3.63) is 65.2 Å². The third kappa shape index (κ3) is 2.88. The van der Waals surface area contributed by atoms with Gasteiger partial charge in [0.1, 0.15) is 0 Å². The summed E-state index contributed by atoms with van der Waals surface area (Å²) in [5.74, 6) is 0. The van der Waals surface area contributed by atoms with Gasteiger partial charge in [0.15, 0.2) is 0 Å². The molecule has 0 radical (unpaired) electrons. The van der Waals surface area contributed by atoms with Gasteiger partial charge in [-0.2, -0.15) is 4.68 Å². The molecule has 0 amide bonds. The van der Waals surface area contributed by atoms with Gasteiger partial charge in [-0.15, -0.1) is 5.10 Å². The van der Waals surface area contributed by atoms with Gasteiger partial charge >= 0.3 is 0 Å². The van der Waals surface area contributed by atoms with Gasteiger partial charge in [0.25, 0.3) is 0 Å². The first-order valence-electron chi connectivity index (χ1n) is 7.91. The maximum atomic E-state index is 4.25. The van der Waals surface area contributed by atoms with Crippen LogP contribution < -0.4 is 0 Å². The molecule has 0 saturated heterocycles. The van der Waals surface area contributed by atoms with Crippen LogP contribution in [0.1, 0.15) is 34.8 Å². The van der Waals surface area contributed by atoms with E-state index in [1.807, 2.05) is 4.68 Å². The molecule has 3 aromatic rings. The highest BCUT2D eigenvalue weighted by atomic mass is 32.2. The summed E-state index contributed by atoms with van der Waals surface area (Å²) >= 11 is 1.77. The highest BCUT2D eigenvalue weighted by molar-refractivity contribution is 7.99. The minimum Gasteiger partial charge on any atom is -0.187 e. The fraction of sp³-hybridized carbons (Fsp3) is 0.278. The second-order valence-corrected chi connectivity index (χ2v) is 7.08. The molecule has 0 spiro atoms. The molecule has 0 aliphatic heterocycles. The van der Waals surface area contributed by atoms with Crippen LogP contribution in [0.15, 0.2) is 53.7 Å². The zero-order valence-electron chi connectivity index (χ0n) is 13.0. The van der Waals surface area contributed by atoms with E-state index in [9.17, 15) is 0 Å². The van der Waals surface area contributed by atoms with E-state index < -0.39 is 0 Å². The first-order chi connectivity index (χ1) is 11.3. The van der Waals surface area contributed by atoms with E-state index in [0.29, 0.717) is 5.25 Å². The molecule has 0 N–H and O–H groups in total. The molecule has 0 fully saturated rings. The van der Waals surface area contributed by atoms with Gasteiger partial charge in [-0.05, 0) is 59.9 Å². The number of tetrazole rings is 1. The van der Waals surface area contributed by atoms with Gasteiger partial charge in [0, 0.05) is 5.25 Å². The molecule has 1 aliphatic carbocycles. The summed E-state index contributed by atoms with van der Waals surface area (Å²) in [6.07, 6.45) is 3.57. The molecule has 1 aromatic heterocycles. The van der Waals surface area contributed by atoms with Gasteiger partial charge < -0.3 is 0 Å². The van der Waals surface area contributed by atoms with Gasteiger partial charge in [-0.1, -0.05) is 53.7 Å². The predicted molar refractivity (Wildman–Crippen MR) is 91.9 cm³/mol. The highest BCUT2D eigenvalue weighted by Crippen LogP contribution is 2.42. The summed E-state index contributed by atoms with van der Waals surface area (Å²) in [7, 11) is 0. The lowest BCUT2D eigenvalue weighted by Gasteiger charge is -2.24. The molecular formula is C18H18N4S. The first-order valence-corrected chi connectivity index (χ1v) is 8.79. The van der Waals surface area contributed by atoms with Crippen molar-refractivity contribution in [2.45, 2.75) is 36.6 Å². The van der Waals surface area contributed by atoms with E-state index in [4.69, 9.17) is 0 Å². The van der Waals surface area contributed by atoms with Gasteiger partial charge in [0.2, 0.25) is 5.16 Å². The molecule has 1 heterocycles. The fourth-order valence-corrected chi connectivity index (χ4v) is 4.28. The summed E-state index contributed by atoms with van der Waals surface area (Å²) in [4.78, 5) is 0. The Morgan fingerprint density at radius 1 is 1.09 bits per heavy atom. The Balaban J connectivity index is 1.64. The second-order valence-electron chi connectivity index (χ2n) is 5.91. The summed E-state index contributed by atoms with van der Waals surface area (Å²) in [5.41, 5.74) is 5.14. The average Bonchev–Trinajstić information content (AvgIpc) is 3.04. The third-order valence-electron chi connectivity index (χ3n) is 4.28. The van der Waals surface area contributed by atoms with E-state index in [2.05, 4.69) is 71.0 Å². The molecular weight excluding hydrogens is 304 g/mol. The standard InChI is InChI=1S/C18H18N4S/c1-13-9-11-15(12-10-13)22-18(19-20-21-22)23-17-8-4-6-14-5-2-3-7-16(14)17/h2-3,5,7,9-12,17H,4,6,8H2,1H3. The van der Waals surface area contributed by atoms with Crippen molar-refractivity contribution < 1.29 is 0 Å². The van der Waals surface area contributed by atoms with E-state index in [-0.39, 0.29) is 0 Å². The molecule has 1 atom stereocenters. The largest absolute Gasteiger partial charge is 0.214 e. The number of rotatable bonds is 3. The summed E-state index contributed by atoms with van der Waals surface area (Å²) in [6, 6.07) is 17.0. The molecule has 0 saturated carbocycles. The zero-order chi connectivity index (χ0) is 15.6. The van der Waals surface area contributed by atoms with Crippen LogP contribution in [0.3, 0.4) is 0 Å². The minimum atomic E-state index is 0.426. The molecule has 4 rings (SSSR count). The lowest BCUT2D eigenvalue weighted by Crippen LogP contribution is -2.08. The maximum Gasteiger partial charge on any atom is 0.214 e. The zero-order valence-corrected chi connectivity index (χ0v) is 13.8. The molecule has 1 unspecified atom stereocenters. The van der Waals surface area contributed by atoms with E-state index in [1.165, 1.54) is 36.0 Å². The number of fused-ring (bicyclic) bond motifs is 1. The van der Waals surface area contributed by atoms with Crippen molar-refractivity contribution in [1.82, 2.24) is 20.2 Å². The Labute approximate surface area is 139 Å². The van der Waals surface area contributed by atoms with Crippen LogP contribution in [0.2, 0.25) is 0 Å². The van der Waals surface area contributed by atoms with E-state index >= 15 is 0 Å². The number of nitrogens with zero attached hydrogens (tertiary/aromatic N) is 4. The van der Waals surface area contributed by atoms with E-state index in [1.54, 1.807) is 11.8 Å². The van der Waals surface area contributed by atoms with Gasteiger partial charge in [-0.25, -0.2) is 0 Å². The monoisotopic (exact) mass is 322 g/mol. The molecule has 2 aromatic carbocycles. The lowest BCUT2D eigenvalue weighted by molar-refractivity contribution is 0.669. The summed E-state index contributed by atoms with van der Waals surface area (Å²) in [5, 5.41) is 13.6. The van der Waals surface area contributed by atoms with Crippen molar-refractivity contribution in [2.75, 3.05) is 0 Å². The second kappa shape index (κ2) is 6.16. The highest BCUT2D eigenvalue weighted by Gasteiger charge is 2.23. The average molecular weight is 322 g/mol. The number of aromatic nitrogens is 4. The SMILES string of the molecule is Cc1ccc(-n2nnnc2SC2CCCc3ccccc32)cc1. The predicted octanol–water partition coefficient (Wildman–Crippen LogP) is 4.14. The number of benzene rings is 2. The van der Waals surface area contributed by atoms with Crippen LogP contribution in [0.25, 0.3) is 5.69 Å². The van der Waals surface area contributed by atoms with Crippen molar-refractivity contribution in [1.29, 1.82) is 0 Å². The molecule has 116 valence electrons. The van der Waals surface area contributed by atoms with Gasteiger partial charge in [-0.3, -0.25) is 0 Å². The minimum absolute atomic E-state index is 0.426. The number of thioether (sulfide) groups is 1. The summed E-state index contributed by atoms with van der Waals surface area (Å²) in [6.45, 7) is 2.08. The Bertz CT molecular complexity index is 810. The number of hydrogen-bond donors (Lipinski definition) is 0. The van der Waals surface area contributed by atoms with Crippen LogP contribution in [0, 0.1) is 6.92 Å². The number of hydrogen-bond acceptors (Lipinski definition) is 4. The van der Waals surface area contributed by atoms with Crippen LogP contribution >= 0.6 is 11.8 Å². The maximum absolute atomic E-state index is 4.25. The van der Waals surface area contributed by atoms with Crippen molar-refractivity contribution in [3.8, 4) is 5.69 Å². The molecule has 5 heteroatoms. The van der Waals surface area contributed by atoms with Gasteiger partial charge in [0.05, 0.1) is 5.69 Å². The fourth-order valence-electron chi connectivity index (χ4n) is 3.06. The Kier molecular flexibility index (Phi) is 3.87. The van der Waals surface area contributed by atoms with Crippen LogP contribution in [-0.4, -0.2) is 20.2 Å². The number of aryl methyl sites for hydroxylation is 2. The van der Waals surface area contributed by atoms with Crippen molar-refractivity contribution in [2.24, 2.45) is 0 Å². The Morgan fingerprint density at radius 2 is 1.91 bits per heavy atom. The summed E-state index contributed by atoms with van der Waals surface area (Å²) < 4.78 is 1.83.